The molecule has 2 rings (SSSR count). The van der Waals surface area contributed by atoms with Crippen LogP contribution in [0.1, 0.15) is 51.5 Å². The van der Waals surface area contributed by atoms with Gasteiger partial charge in [-0.15, -0.1) is 23.7 Å². The predicted molar refractivity (Wildman–Crippen MR) is 107 cm³/mol. The third kappa shape index (κ3) is 7.69. The van der Waals surface area contributed by atoms with E-state index in [0.29, 0.717) is 12.0 Å². The molecule has 0 aliphatic carbocycles. The molecule has 0 spiro atoms. The highest BCUT2D eigenvalue weighted by molar-refractivity contribution is 7.09. The maximum atomic E-state index is 5.81. The van der Waals surface area contributed by atoms with E-state index in [1.165, 1.54) is 10.4 Å². The average molecular weight is 368 g/mol. The smallest absolute Gasteiger partial charge is 0.122 e. The summed E-state index contributed by atoms with van der Waals surface area (Å²) < 4.78 is 5.81. The van der Waals surface area contributed by atoms with Crippen LogP contribution in [0.3, 0.4) is 0 Å². The van der Waals surface area contributed by atoms with Crippen molar-refractivity contribution in [2.24, 2.45) is 5.41 Å². The monoisotopic (exact) mass is 367 g/mol. The molecule has 134 valence electrons. The van der Waals surface area contributed by atoms with E-state index in [1.54, 1.807) is 11.3 Å². The molecule has 0 atom stereocenters. The van der Waals surface area contributed by atoms with Crippen LogP contribution in [0, 0.1) is 5.41 Å². The second-order valence-electron chi connectivity index (χ2n) is 7.99. The zero-order valence-corrected chi connectivity index (χ0v) is 17.0. The zero-order valence-electron chi connectivity index (χ0n) is 15.4. The van der Waals surface area contributed by atoms with Crippen LogP contribution in [0.4, 0.5) is 0 Å². The maximum absolute atomic E-state index is 5.81. The lowest BCUT2D eigenvalue weighted by atomic mass is 9.82. The Morgan fingerprint density at radius 1 is 1.00 bits per heavy atom. The lowest BCUT2D eigenvalue weighted by molar-refractivity contribution is 0.240. The van der Waals surface area contributed by atoms with Crippen LogP contribution >= 0.6 is 23.7 Å². The van der Waals surface area contributed by atoms with Crippen LogP contribution in [0.2, 0.25) is 0 Å². The van der Waals surface area contributed by atoms with Crippen molar-refractivity contribution >= 4 is 23.7 Å². The summed E-state index contributed by atoms with van der Waals surface area (Å²) in [5, 5.41) is 5.74. The number of hydrogen-bond acceptors (Lipinski definition) is 3. The fraction of sp³-hybridized carbons (Fsp3) is 0.500. The Morgan fingerprint density at radius 3 is 2.21 bits per heavy atom. The van der Waals surface area contributed by atoms with Gasteiger partial charge < -0.3 is 10.1 Å². The first kappa shape index (κ1) is 21.0. The van der Waals surface area contributed by atoms with Gasteiger partial charge in [0.25, 0.3) is 0 Å². The van der Waals surface area contributed by atoms with Crippen molar-refractivity contribution in [1.29, 1.82) is 0 Å². The molecule has 2 aromatic rings. The number of benzene rings is 1. The van der Waals surface area contributed by atoms with Crippen molar-refractivity contribution in [2.75, 3.05) is 0 Å². The van der Waals surface area contributed by atoms with Crippen LogP contribution in [0.5, 0.6) is 5.75 Å². The Hall–Kier alpha value is -1.03. The number of halogens is 1. The lowest BCUT2D eigenvalue weighted by Crippen LogP contribution is -2.41. The molecular weight excluding hydrogens is 338 g/mol. The van der Waals surface area contributed by atoms with E-state index in [0.717, 1.165) is 18.7 Å². The van der Waals surface area contributed by atoms with Crippen molar-refractivity contribution in [2.45, 2.75) is 59.7 Å². The first-order chi connectivity index (χ1) is 10.7. The summed E-state index contributed by atoms with van der Waals surface area (Å²) >= 11 is 1.73. The molecule has 4 heteroatoms. The summed E-state index contributed by atoms with van der Waals surface area (Å²) in [6, 6.07) is 12.5. The van der Waals surface area contributed by atoms with Gasteiger partial charge in [0.05, 0.1) is 0 Å². The first-order valence-electron chi connectivity index (χ1n) is 8.23. The molecule has 0 unspecified atom stereocenters. The van der Waals surface area contributed by atoms with Gasteiger partial charge in [-0.1, -0.05) is 39.0 Å². The number of thiophene rings is 1. The Bertz CT molecular complexity index is 585. The highest BCUT2D eigenvalue weighted by atomic mass is 35.5. The molecule has 0 saturated heterocycles. The quantitative estimate of drug-likeness (QED) is 0.642. The Kier molecular flexibility index (Phi) is 7.78. The van der Waals surface area contributed by atoms with Crippen molar-refractivity contribution in [1.82, 2.24) is 5.32 Å². The Labute approximate surface area is 157 Å². The van der Waals surface area contributed by atoms with Gasteiger partial charge in [-0.05, 0) is 54.8 Å². The van der Waals surface area contributed by atoms with Crippen molar-refractivity contribution < 1.29 is 4.74 Å². The van der Waals surface area contributed by atoms with Crippen LogP contribution in [0.25, 0.3) is 0 Å². The third-order valence-electron chi connectivity index (χ3n) is 3.63. The summed E-state index contributed by atoms with van der Waals surface area (Å²) in [6.45, 7) is 12.9. The average Bonchev–Trinajstić information content (AvgIpc) is 2.95. The Balaban J connectivity index is 0.00000288. The fourth-order valence-corrected chi connectivity index (χ4v) is 3.60. The molecule has 0 fully saturated rings. The molecule has 1 heterocycles. The summed E-state index contributed by atoms with van der Waals surface area (Å²) in [7, 11) is 0. The van der Waals surface area contributed by atoms with E-state index in [-0.39, 0.29) is 17.9 Å². The number of hydrogen-bond donors (Lipinski definition) is 1. The van der Waals surface area contributed by atoms with E-state index >= 15 is 0 Å². The number of rotatable bonds is 7. The topological polar surface area (TPSA) is 21.3 Å². The first-order valence-corrected chi connectivity index (χ1v) is 9.11. The summed E-state index contributed by atoms with van der Waals surface area (Å²) in [5.41, 5.74) is 1.75. The zero-order chi connectivity index (χ0) is 16.9. The number of ether oxygens (including phenoxy) is 1. The molecular formula is C20H30ClNOS. The van der Waals surface area contributed by atoms with E-state index < -0.39 is 0 Å². The van der Waals surface area contributed by atoms with E-state index in [9.17, 15) is 0 Å². The van der Waals surface area contributed by atoms with Crippen LogP contribution < -0.4 is 10.1 Å². The minimum Gasteiger partial charge on any atom is -0.488 e. The minimum absolute atomic E-state index is 0. The van der Waals surface area contributed by atoms with Gasteiger partial charge in [-0.2, -0.15) is 0 Å². The van der Waals surface area contributed by atoms with E-state index in [2.05, 4.69) is 81.7 Å². The molecule has 1 aromatic carbocycles. The lowest BCUT2D eigenvalue weighted by Gasteiger charge is -2.33. The van der Waals surface area contributed by atoms with Crippen molar-refractivity contribution in [3.63, 3.8) is 0 Å². The maximum Gasteiger partial charge on any atom is 0.122 e. The molecule has 2 nitrogen and oxygen atoms in total. The largest absolute Gasteiger partial charge is 0.488 e. The Morgan fingerprint density at radius 2 is 1.67 bits per heavy atom. The second-order valence-corrected chi connectivity index (χ2v) is 9.02. The summed E-state index contributed by atoms with van der Waals surface area (Å²) in [5.74, 6) is 0.927. The van der Waals surface area contributed by atoms with Gasteiger partial charge in [-0.3, -0.25) is 0 Å². The van der Waals surface area contributed by atoms with Crippen LogP contribution in [-0.4, -0.2) is 5.54 Å². The predicted octanol–water partition coefficient (Wildman–Crippen LogP) is 6.05. The molecule has 0 radical (unpaired) electrons. The molecule has 0 saturated carbocycles. The number of nitrogens with one attached hydrogen (secondary N) is 1. The molecule has 0 aliphatic heterocycles. The molecule has 0 bridgehead atoms. The molecule has 0 aliphatic rings. The molecule has 24 heavy (non-hydrogen) atoms. The SMILES string of the molecule is CC(C)(C)CC(C)(C)NCc1ccc(OCc2cccs2)cc1.Cl. The van der Waals surface area contributed by atoms with Gasteiger partial charge in [0.15, 0.2) is 0 Å². The van der Waals surface area contributed by atoms with Gasteiger partial charge >= 0.3 is 0 Å². The van der Waals surface area contributed by atoms with Gasteiger partial charge in [0.1, 0.15) is 12.4 Å². The molecule has 1 aromatic heterocycles. The van der Waals surface area contributed by atoms with Crippen molar-refractivity contribution in [3.05, 3.63) is 52.2 Å². The second kappa shape index (κ2) is 8.89. The third-order valence-corrected chi connectivity index (χ3v) is 4.48. The van der Waals surface area contributed by atoms with E-state index in [1.807, 2.05) is 0 Å². The summed E-state index contributed by atoms with van der Waals surface area (Å²) in [4.78, 5) is 1.25. The van der Waals surface area contributed by atoms with Crippen molar-refractivity contribution in [3.8, 4) is 5.75 Å². The van der Waals surface area contributed by atoms with Gasteiger partial charge in [0.2, 0.25) is 0 Å². The fourth-order valence-electron chi connectivity index (χ4n) is 2.98. The normalized spacial score (nSPS) is 11.9. The minimum atomic E-state index is 0. The highest BCUT2D eigenvalue weighted by Crippen LogP contribution is 2.27. The summed E-state index contributed by atoms with van der Waals surface area (Å²) in [6.07, 6.45) is 1.14. The molecule has 1 N–H and O–H groups in total. The van der Waals surface area contributed by atoms with Crippen LogP contribution in [0.15, 0.2) is 41.8 Å². The highest BCUT2D eigenvalue weighted by Gasteiger charge is 2.24. The van der Waals surface area contributed by atoms with E-state index in [4.69, 9.17) is 4.74 Å². The standard InChI is InChI=1S/C20H29NOS.ClH/c1-19(2,3)15-20(4,5)21-13-16-8-10-17(11-9-16)22-14-18-7-6-12-23-18;/h6-12,21H,13-15H2,1-5H3;1H. The van der Waals surface area contributed by atoms with Gasteiger partial charge in [0, 0.05) is 17.0 Å². The molecule has 0 amide bonds. The van der Waals surface area contributed by atoms with Crippen LogP contribution in [-0.2, 0) is 13.2 Å². The van der Waals surface area contributed by atoms with Gasteiger partial charge in [-0.25, -0.2) is 0 Å².